The van der Waals surface area contributed by atoms with Crippen LogP contribution >= 0.6 is 0 Å². The minimum Gasteiger partial charge on any atom is -0.478 e. The molecule has 0 saturated carbocycles. The van der Waals surface area contributed by atoms with E-state index in [9.17, 15) is 4.79 Å². The Hall–Kier alpha value is -1.19. The van der Waals surface area contributed by atoms with Crippen molar-refractivity contribution < 1.29 is 9.53 Å². The van der Waals surface area contributed by atoms with Crippen molar-refractivity contribution >= 4 is 5.91 Å². The summed E-state index contributed by atoms with van der Waals surface area (Å²) in [6, 6.07) is 0. The average Bonchev–Trinajstić information content (AvgIpc) is 2.13. The van der Waals surface area contributed by atoms with Gasteiger partial charge in [0, 0.05) is 7.05 Å². The first-order chi connectivity index (χ1) is 4.22. The Balaban J connectivity index is 2.68. The van der Waals surface area contributed by atoms with Gasteiger partial charge < -0.3 is 15.4 Å². The molecule has 0 bridgehead atoms. The topological polar surface area (TPSA) is 55.6 Å². The zero-order valence-electron chi connectivity index (χ0n) is 5.13. The molecule has 0 aliphatic carbocycles. The number of rotatable bonds is 1. The SMILES string of the molecule is CN1COC=C1C(N)=O. The molecule has 1 heterocycles. The third-order valence-electron chi connectivity index (χ3n) is 1.13. The molecule has 0 aromatic heterocycles. The molecule has 0 radical (unpaired) electrons. The van der Waals surface area contributed by atoms with E-state index in [0.717, 1.165) is 0 Å². The first-order valence-electron chi connectivity index (χ1n) is 2.54. The molecule has 9 heavy (non-hydrogen) atoms. The molecule has 0 unspecified atom stereocenters. The number of carbonyl (C=O) groups is 1. The van der Waals surface area contributed by atoms with Gasteiger partial charge in [-0.2, -0.15) is 0 Å². The summed E-state index contributed by atoms with van der Waals surface area (Å²) < 4.78 is 4.79. The van der Waals surface area contributed by atoms with Crippen LogP contribution in [-0.2, 0) is 9.53 Å². The summed E-state index contributed by atoms with van der Waals surface area (Å²) in [4.78, 5) is 12.1. The van der Waals surface area contributed by atoms with Crippen LogP contribution in [0.2, 0.25) is 0 Å². The molecular weight excluding hydrogens is 120 g/mol. The van der Waals surface area contributed by atoms with E-state index in [4.69, 9.17) is 10.5 Å². The average molecular weight is 128 g/mol. The highest BCUT2D eigenvalue weighted by Gasteiger charge is 2.15. The lowest BCUT2D eigenvalue weighted by Gasteiger charge is -2.08. The summed E-state index contributed by atoms with van der Waals surface area (Å²) in [5, 5.41) is 0. The molecule has 0 aromatic carbocycles. The lowest BCUT2D eigenvalue weighted by molar-refractivity contribution is -0.115. The van der Waals surface area contributed by atoms with E-state index in [0.29, 0.717) is 12.4 Å². The third-order valence-corrected chi connectivity index (χ3v) is 1.13. The molecule has 1 aliphatic rings. The summed E-state index contributed by atoms with van der Waals surface area (Å²) >= 11 is 0. The van der Waals surface area contributed by atoms with Crippen molar-refractivity contribution in [1.29, 1.82) is 0 Å². The fraction of sp³-hybridized carbons (Fsp3) is 0.400. The number of nitrogens with two attached hydrogens (primary N) is 1. The lowest BCUT2D eigenvalue weighted by atomic mass is 10.4. The van der Waals surface area contributed by atoms with Crippen LogP contribution in [-0.4, -0.2) is 24.6 Å². The van der Waals surface area contributed by atoms with Crippen LogP contribution in [0.15, 0.2) is 12.0 Å². The minimum absolute atomic E-state index is 0.415. The van der Waals surface area contributed by atoms with Gasteiger partial charge >= 0.3 is 0 Å². The Morgan fingerprint density at radius 2 is 2.67 bits per heavy atom. The van der Waals surface area contributed by atoms with Gasteiger partial charge in [0.2, 0.25) is 0 Å². The minimum atomic E-state index is -0.449. The predicted octanol–water partition coefficient (Wildman–Crippen LogP) is -0.767. The van der Waals surface area contributed by atoms with E-state index in [-0.39, 0.29) is 0 Å². The lowest BCUT2D eigenvalue weighted by Crippen LogP contribution is -2.25. The molecule has 2 N–H and O–H groups in total. The number of likely N-dealkylation sites (N-methyl/N-ethyl adjacent to an activating group) is 1. The highest BCUT2D eigenvalue weighted by Crippen LogP contribution is 2.07. The first-order valence-corrected chi connectivity index (χ1v) is 2.54. The number of amides is 1. The Labute approximate surface area is 52.9 Å². The standard InChI is InChI=1S/C5H8N2O2/c1-7-3-9-2-4(7)5(6)8/h2H,3H2,1H3,(H2,6,8). The molecule has 4 nitrogen and oxygen atoms in total. The van der Waals surface area contributed by atoms with Gasteiger partial charge in [-0.25, -0.2) is 0 Å². The molecule has 0 aromatic rings. The molecular formula is C5H8N2O2. The predicted molar refractivity (Wildman–Crippen MR) is 31.0 cm³/mol. The van der Waals surface area contributed by atoms with E-state index < -0.39 is 5.91 Å². The molecule has 0 spiro atoms. The zero-order valence-corrected chi connectivity index (χ0v) is 5.13. The van der Waals surface area contributed by atoms with Crippen LogP contribution in [0.4, 0.5) is 0 Å². The maximum atomic E-state index is 10.4. The van der Waals surface area contributed by atoms with E-state index >= 15 is 0 Å². The molecule has 1 aliphatic heterocycles. The van der Waals surface area contributed by atoms with Crippen molar-refractivity contribution in [2.45, 2.75) is 0 Å². The summed E-state index contributed by atoms with van der Waals surface area (Å²) in [7, 11) is 1.74. The number of hydrogen-bond acceptors (Lipinski definition) is 3. The molecule has 0 fully saturated rings. The van der Waals surface area contributed by atoms with Crippen LogP contribution in [0.5, 0.6) is 0 Å². The van der Waals surface area contributed by atoms with E-state index in [1.54, 1.807) is 11.9 Å². The molecule has 4 heteroatoms. The smallest absolute Gasteiger partial charge is 0.268 e. The van der Waals surface area contributed by atoms with Crippen LogP contribution in [0.25, 0.3) is 0 Å². The van der Waals surface area contributed by atoms with E-state index in [2.05, 4.69) is 0 Å². The number of ether oxygens (including phenoxy) is 1. The van der Waals surface area contributed by atoms with Gasteiger partial charge in [-0.15, -0.1) is 0 Å². The van der Waals surface area contributed by atoms with Gasteiger partial charge in [-0.05, 0) is 0 Å². The Bertz CT molecular complexity index is 164. The summed E-state index contributed by atoms with van der Waals surface area (Å²) in [5.41, 5.74) is 5.39. The number of hydrogen-bond donors (Lipinski definition) is 1. The maximum Gasteiger partial charge on any atom is 0.268 e. The molecule has 50 valence electrons. The zero-order chi connectivity index (χ0) is 6.85. The quantitative estimate of drug-likeness (QED) is 0.504. The van der Waals surface area contributed by atoms with Crippen molar-refractivity contribution in [3.05, 3.63) is 12.0 Å². The summed E-state index contributed by atoms with van der Waals surface area (Å²) in [6.45, 7) is 0.415. The van der Waals surface area contributed by atoms with Crippen molar-refractivity contribution in [2.75, 3.05) is 13.8 Å². The Morgan fingerprint density at radius 3 is 2.89 bits per heavy atom. The molecule has 1 rings (SSSR count). The maximum absolute atomic E-state index is 10.4. The normalized spacial score (nSPS) is 17.0. The number of nitrogens with zero attached hydrogens (tertiary/aromatic N) is 1. The first kappa shape index (κ1) is 5.94. The largest absolute Gasteiger partial charge is 0.478 e. The van der Waals surface area contributed by atoms with Gasteiger partial charge in [0.15, 0.2) is 6.73 Å². The molecule has 1 amide bonds. The second-order valence-electron chi connectivity index (χ2n) is 1.86. The van der Waals surface area contributed by atoms with Crippen LogP contribution in [0.1, 0.15) is 0 Å². The highest BCUT2D eigenvalue weighted by atomic mass is 16.5. The van der Waals surface area contributed by atoms with Gasteiger partial charge in [0.25, 0.3) is 5.91 Å². The van der Waals surface area contributed by atoms with Gasteiger partial charge in [-0.3, -0.25) is 4.79 Å². The number of primary amides is 1. The van der Waals surface area contributed by atoms with Crippen LogP contribution < -0.4 is 5.73 Å². The van der Waals surface area contributed by atoms with Crippen molar-refractivity contribution in [1.82, 2.24) is 4.90 Å². The second-order valence-corrected chi connectivity index (χ2v) is 1.86. The molecule has 0 saturated heterocycles. The van der Waals surface area contributed by atoms with Gasteiger partial charge in [0.1, 0.15) is 12.0 Å². The Kier molecular flexibility index (Phi) is 1.30. The van der Waals surface area contributed by atoms with Crippen molar-refractivity contribution in [3.8, 4) is 0 Å². The second kappa shape index (κ2) is 1.97. The Morgan fingerprint density at radius 1 is 2.00 bits per heavy atom. The fourth-order valence-electron chi connectivity index (χ4n) is 0.634. The monoisotopic (exact) mass is 128 g/mol. The fourth-order valence-corrected chi connectivity index (χ4v) is 0.634. The molecule has 0 atom stereocenters. The third kappa shape index (κ3) is 0.960. The van der Waals surface area contributed by atoms with Gasteiger partial charge in [0.05, 0.1) is 0 Å². The van der Waals surface area contributed by atoms with Crippen molar-refractivity contribution in [2.24, 2.45) is 5.73 Å². The summed E-state index contributed by atoms with van der Waals surface area (Å²) in [5.74, 6) is -0.449. The van der Waals surface area contributed by atoms with Crippen LogP contribution in [0, 0.1) is 0 Å². The van der Waals surface area contributed by atoms with Crippen molar-refractivity contribution in [3.63, 3.8) is 0 Å². The van der Waals surface area contributed by atoms with E-state index in [1.807, 2.05) is 0 Å². The van der Waals surface area contributed by atoms with Gasteiger partial charge in [-0.1, -0.05) is 0 Å². The highest BCUT2D eigenvalue weighted by molar-refractivity contribution is 5.91. The van der Waals surface area contributed by atoms with E-state index in [1.165, 1.54) is 6.26 Å². The van der Waals surface area contributed by atoms with Crippen LogP contribution in [0.3, 0.4) is 0 Å². The number of carbonyl (C=O) groups excluding carboxylic acids is 1. The summed E-state index contributed by atoms with van der Waals surface area (Å²) in [6.07, 6.45) is 1.36.